The maximum atomic E-state index is 12.3. The number of morpholine rings is 1. The van der Waals surface area contributed by atoms with E-state index in [1.165, 1.54) is 19.3 Å². The van der Waals surface area contributed by atoms with Crippen molar-refractivity contribution in [2.45, 2.75) is 44.3 Å². The van der Waals surface area contributed by atoms with E-state index in [1.807, 2.05) is 16.5 Å². The number of rotatable bonds is 4. The molecule has 7 heteroatoms. The van der Waals surface area contributed by atoms with E-state index in [0.717, 1.165) is 18.7 Å². The van der Waals surface area contributed by atoms with Crippen molar-refractivity contribution in [1.82, 2.24) is 19.7 Å². The third kappa shape index (κ3) is 3.64. The molecule has 1 aromatic heterocycles. The van der Waals surface area contributed by atoms with Crippen molar-refractivity contribution in [2.75, 3.05) is 26.3 Å². The van der Waals surface area contributed by atoms with E-state index in [1.54, 1.807) is 6.33 Å². The van der Waals surface area contributed by atoms with Crippen LogP contribution in [0.25, 0.3) is 0 Å². The molecule has 122 valence electrons. The Labute approximate surface area is 130 Å². The first-order valence-electron chi connectivity index (χ1n) is 8.09. The summed E-state index contributed by atoms with van der Waals surface area (Å²) < 4.78 is 13.3. The highest BCUT2D eigenvalue weighted by atomic mass is 16.5. The average Bonchev–Trinajstić information content (AvgIpc) is 3.00. The number of carbonyl (C=O) groups is 1. The van der Waals surface area contributed by atoms with Crippen LogP contribution in [0.5, 0.6) is 0 Å². The summed E-state index contributed by atoms with van der Waals surface area (Å²) in [5.74, 6) is 0.798. The molecule has 1 aliphatic carbocycles. The number of aromatic nitrogens is 3. The number of amides is 1. The van der Waals surface area contributed by atoms with Crippen molar-refractivity contribution in [3.8, 4) is 0 Å². The number of ether oxygens (including phenoxy) is 2. The van der Waals surface area contributed by atoms with Crippen LogP contribution in [0.4, 0.5) is 0 Å². The molecule has 0 bridgehead atoms. The van der Waals surface area contributed by atoms with E-state index in [4.69, 9.17) is 9.47 Å². The van der Waals surface area contributed by atoms with Gasteiger partial charge in [0, 0.05) is 13.6 Å². The van der Waals surface area contributed by atoms with Crippen LogP contribution >= 0.6 is 0 Å². The number of carbonyl (C=O) groups excluding carboxylic acids is 1. The molecular formula is C15H24N4O3. The monoisotopic (exact) mass is 308 g/mol. The minimum atomic E-state index is -0.208. The highest BCUT2D eigenvalue weighted by Gasteiger charge is 2.28. The lowest BCUT2D eigenvalue weighted by Gasteiger charge is -2.32. The molecule has 0 radical (unpaired) electrons. The van der Waals surface area contributed by atoms with Gasteiger partial charge in [0.2, 0.25) is 5.91 Å². The Morgan fingerprint density at radius 2 is 2.23 bits per heavy atom. The smallest absolute Gasteiger partial charge is 0.248 e. The van der Waals surface area contributed by atoms with Crippen LogP contribution in [-0.4, -0.2) is 58.0 Å². The molecule has 1 aliphatic heterocycles. The van der Waals surface area contributed by atoms with E-state index in [2.05, 4.69) is 10.2 Å². The first-order chi connectivity index (χ1) is 10.7. The first-order valence-corrected chi connectivity index (χ1v) is 8.09. The minimum absolute atomic E-state index is 0.0426. The fourth-order valence-electron chi connectivity index (χ4n) is 3.13. The predicted octanol–water partition coefficient (Wildman–Crippen LogP) is 1.06. The lowest BCUT2D eigenvalue weighted by molar-refractivity contribution is -0.146. The van der Waals surface area contributed by atoms with Crippen LogP contribution in [0, 0.1) is 0 Å². The number of aryl methyl sites for hydroxylation is 1. The van der Waals surface area contributed by atoms with Gasteiger partial charge in [0.25, 0.3) is 0 Å². The summed E-state index contributed by atoms with van der Waals surface area (Å²) in [6, 6.07) is 0. The number of nitrogens with zero attached hydrogens (tertiary/aromatic N) is 4. The lowest BCUT2D eigenvalue weighted by atomic mass is 9.98. The molecule has 3 rings (SSSR count). The second-order valence-electron chi connectivity index (χ2n) is 6.07. The molecule has 1 atom stereocenters. The zero-order chi connectivity index (χ0) is 15.4. The Morgan fingerprint density at radius 3 is 2.95 bits per heavy atom. The van der Waals surface area contributed by atoms with Gasteiger partial charge in [-0.3, -0.25) is 4.79 Å². The van der Waals surface area contributed by atoms with Crippen LogP contribution in [0.3, 0.4) is 0 Å². The normalized spacial score (nSPS) is 23.7. The topological polar surface area (TPSA) is 69.5 Å². The van der Waals surface area contributed by atoms with E-state index < -0.39 is 0 Å². The highest BCUT2D eigenvalue weighted by molar-refractivity contribution is 5.77. The number of hydrogen-bond acceptors (Lipinski definition) is 5. The van der Waals surface area contributed by atoms with Gasteiger partial charge in [0.15, 0.2) is 5.82 Å². The van der Waals surface area contributed by atoms with Crippen molar-refractivity contribution < 1.29 is 14.3 Å². The van der Waals surface area contributed by atoms with Crippen molar-refractivity contribution in [1.29, 1.82) is 0 Å². The first kappa shape index (κ1) is 15.4. The van der Waals surface area contributed by atoms with Gasteiger partial charge in [-0.1, -0.05) is 19.3 Å². The molecule has 0 spiro atoms. The second kappa shape index (κ2) is 7.19. The Hall–Kier alpha value is -1.47. The standard InChI is InChI=1S/C15H24N4O3/c1-18-11-16-17-15(18)13-9-19(7-8-21-13)14(20)10-22-12-5-3-2-4-6-12/h11-13H,2-10H2,1H3/t13-/m1/s1. The molecule has 0 N–H and O–H groups in total. The van der Waals surface area contributed by atoms with Gasteiger partial charge in [-0.25, -0.2) is 0 Å². The fourth-order valence-corrected chi connectivity index (χ4v) is 3.13. The van der Waals surface area contributed by atoms with Gasteiger partial charge in [-0.2, -0.15) is 0 Å². The maximum Gasteiger partial charge on any atom is 0.248 e. The van der Waals surface area contributed by atoms with Gasteiger partial charge >= 0.3 is 0 Å². The van der Waals surface area contributed by atoms with Gasteiger partial charge in [0.1, 0.15) is 19.0 Å². The van der Waals surface area contributed by atoms with Crippen molar-refractivity contribution in [2.24, 2.45) is 7.05 Å². The largest absolute Gasteiger partial charge is 0.368 e. The molecule has 1 aromatic rings. The van der Waals surface area contributed by atoms with Gasteiger partial charge < -0.3 is 18.9 Å². The molecule has 22 heavy (non-hydrogen) atoms. The minimum Gasteiger partial charge on any atom is -0.368 e. The van der Waals surface area contributed by atoms with Crippen LogP contribution in [-0.2, 0) is 21.3 Å². The Balaban J connectivity index is 1.50. The molecule has 1 saturated carbocycles. The van der Waals surface area contributed by atoms with Crippen molar-refractivity contribution >= 4 is 5.91 Å². The molecule has 2 fully saturated rings. The van der Waals surface area contributed by atoms with Crippen LogP contribution in [0.2, 0.25) is 0 Å². The van der Waals surface area contributed by atoms with Gasteiger partial charge in [0.05, 0.1) is 19.3 Å². The summed E-state index contributed by atoms with van der Waals surface area (Å²) in [5.41, 5.74) is 0. The molecule has 0 unspecified atom stereocenters. The van der Waals surface area contributed by atoms with E-state index in [9.17, 15) is 4.79 Å². The SMILES string of the molecule is Cn1cnnc1[C@H]1CN(C(=O)COC2CCCCC2)CCO1. The highest BCUT2D eigenvalue weighted by Crippen LogP contribution is 2.22. The molecule has 0 aromatic carbocycles. The molecule has 2 heterocycles. The van der Waals surface area contributed by atoms with Gasteiger partial charge in [-0.15, -0.1) is 10.2 Å². The van der Waals surface area contributed by atoms with Crippen LogP contribution in [0.1, 0.15) is 44.0 Å². The van der Waals surface area contributed by atoms with E-state index >= 15 is 0 Å². The van der Waals surface area contributed by atoms with Crippen LogP contribution < -0.4 is 0 Å². The molecule has 1 amide bonds. The summed E-state index contributed by atoms with van der Waals surface area (Å²) in [7, 11) is 1.88. The zero-order valence-electron chi connectivity index (χ0n) is 13.1. The zero-order valence-corrected chi connectivity index (χ0v) is 13.1. The summed E-state index contributed by atoms with van der Waals surface area (Å²) in [6.45, 7) is 1.82. The summed E-state index contributed by atoms with van der Waals surface area (Å²) in [6.07, 6.45) is 7.57. The summed E-state index contributed by atoms with van der Waals surface area (Å²) in [4.78, 5) is 14.2. The molecule has 2 aliphatic rings. The third-order valence-electron chi connectivity index (χ3n) is 4.45. The molecule has 1 saturated heterocycles. The Kier molecular flexibility index (Phi) is 5.04. The third-order valence-corrected chi connectivity index (χ3v) is 4.45. The lowest BCUT2D eigenvalue weighted by Crippen LogP contribution is -2.44. The molecular weight excluding hydrogens is 284 g/mol. The second-order valence-corrected chi connectivity index (χ2v) is 6.07. The Bertz CT molecular complexity index is 499. The average molecular weight is 308 g/mol. The molecule has 7 nitrogen and oxygen atoms in total. The van der Waals surface area contributed by atoms with E-state index in [0.29, 0.717) is 19.7 Å². The maximum absolute atomic E-state index is 12.3. The predicted molar refractivity (Wildman–Crippen MR) is 79.1 cm³/mol. The van der Waals surface area contributed by atoms with Crippen molar-refractivity contribution in [3.05, 3.63) is 12.2 Å². The summed E-state index contributed by atoms with van der Waals surface area (Å²) in [5, 5.41) is 7.94. The quantitative estimate of drug-likeness (QED) is 0.832. The Morgan fingerprint density at radius 1 is 1.41 bits per heavy atom. The van der Waals surface area contributed by atoms with Gasteiger partial charge in [-0.05, 0) is 12.8 Å². The summed E-state index contributed by atoms with van der Waals surface area (Å²) >= 11 is 0. The van der Waals surface area contributed by atoms with Crippen molar-refractivity contribution in [3.63, 3.8) is 0 Å². The van der Waals surface area contributed by atoms with Crippen LogP contribution in [0.15, 0.2) is 6.33 Å². The number of hydrogen-bond donors (Lipinski definition) is 0. The fraction of sp³-hybridized carbons (Fsp3) is 0.800. The van der Waals surface area contributed by atoms with E-state index in [-0.39, 0.29) is 24.7 Å².